The van der Waals surface area contributed by atoms with Crippen LogP contribution in [0.5, 0.6) is 0 Å². The molecule has 4 atom stereocenters. The van der Waals surface area contributed by atoms with Crippen LogP contribution in [0, 0.1) is 5.92 Å². The van der Waals surface area contributed by atoms with E-state index in [2.05, 4.69) is 45.9 Å². The van der Waals surface area contributed by atoms with E-state index in [9.17, 15) is 33.9 Å². The van der Waals surface area contributed by atoms with Gasteiger partial charge in [0.15, 0.2) is 6.04 Å². The van der Waals surface area contributed by atoms with Gasteiger partial charge >= 0.3 is 5.97 Å². The molecular weight excluding hydrogens is 716 g/mol. The van der Waals surface area contributed by atoms with Gasteiger partial charge in [0.2, 0.25) is 29.5 Å². The van der Waals surface area contributed by atoms with Crippen molar-refractivity contribution in [2.75, 3.05) is 13.1 Å². The van der Waals surface area contributed by atoms with Gasteiger partial charge < -0.3 is 36.5 Å². The second-order valence-electron chi connectivity index (χ2n) is 14.5. The number of nitrogens with two attached hydrogens (primary N) is 1. The first kappa shape index (κ1) is 45.3. The maximum Gasteiger partial charge on any atom is 0.330 e. The SMILES string of the molecule is C=C(C(=O)NCC(=O)NC(C(=O)O)c1ccccc1)C(CCC)NC(=O)CC1CCCN1C(=O)C(NC(=O)CCCCc1ccccc1)C1CCCCC1.NO. The monoisotopic (exact) mass is 776 g/mol. The van der Waals surface area contributed by atoms with Crippen molar-refractivity contribution in [1.82, 2.24) is 26.2 Å². The highest BCUT2D eigenvalue weighted by Gasteiger charge is 2.39. The molecule has 2 aromatic rings. The van der Waals surface area contributed by atoms with E-state index in [0.29, 0.717) is 37.8 Å². The molecule has 14 nitrogen and oxygen atoms in total. The Bertz CT molecular complexity index is 1580. The number of rotatable bonds is 20. The molecule has 56 heavy (non-hydrogen) atoms. The maximum absolute atomic E-state index is 14.2. The number of nitrogens with zero attached hydrogens (tertiary/aromatic N) is 1. The van der Waals surface area contributed by atoms with Gasteiger partial charge in [-0.2, -0.15) is 0 Å². The van der Waals surface area contributed by atoms with Crippen molar-refractivity contribution in [3.8, 4) is 0 Å². The normalized spacial score (nSPS) is 16.9. The number of nitrogens with one attached hydrogen (secondary N) is 4. The number of likely N-dealkylation sites (tertiary alicyclic amines) is 1. The van der Waals surface area contributed by atoms with Gasteiger partial charge in [0.25, 0.3) is 0 Å². The summed E-state index contributed by atoms with van der Waals surface area (Å²) in [5.41, 5.74) is 1.70. The van der Waals surface area contributed by atoms with E-state index < -0.39 is 42.5 Å². The minimum Gasteiger partial charge on any atom is -0.479 e. The number of carboxylic acids is 1. The molecule has 1 aliphatic carbocycles. The number of aryl methyl sites for hydroxylation is 1. The fourth-order valence-electron chi connectivity index (χ4n) is 7.54. The second kappa shape index (κ2) is 24.4. The summed E-state index contributed by atoms with van der Waals surface area (Å²) >= 11 is 0. The van der Waals surface area contributed by atoms with Crippen LogP contribution in [0.2, 0.25) is 0 Å². The summed E-state index contributed by atoms with van der Waals surface area (Å²) < 4.78 is 0. The van der Waals surface area contributed by atoms with E-state index in [1.165, 1.54) is 5.56 Å². The highest BCUT2D eigenvalue weighted by molar-refractivity contribution is 5.97. The van der Waals surface area contributed by atoms with Crippen molar-refractivity contribution < 1.29 is 39.1 Å². The van der Waals surface area contributed by atoms with E-state index >= 15 is 0 Å². The first-order chi connectivity index (χ1) is 27.1. The Labute approximate surface area is 330 Å². The molecule has 1 saturated heterocycles. The maximum atomic E-state index is 14.2. The van der Waals surface area contributed by atoms with Crippen LogP contribution in [-0.2, 0) is 35.2 Å². The smallest absolute Gasteiger partial charge is 0.330 e. The van der Waals surface area contributed by atoms with Crippen LogP contribution < -0.4 is 27.2 Å². The molecular formula is C42H60N6O8. The van der Waals surface area contributed by atoms with Gasteiger partial charge in [-0.3, -0.25) is 24.0 Å². The Morgan fingerprint density at radius 2 is 1.48 bits per heavy atom. The molecule has 0 radical (unpaired) electrons. The highest BCUT2D eigenvalue weighted by atomic mass is 16.4. The Balaban J connectivity index is 0.00000414. The molecule has 5 amide bonds. The quantitative estimate of drug-likeness (QED) is 0.0585. The predicted octanol–water partition coefficient (Wildman–Crippen LogP) is 4.08. The molecule has 4 unspecified atom stereocenters. The van der Waals surface area contributed by atoms with Gasteiger partial charge in [0.1, 0.15) is 6.04 Å². The molecule has 0 bridgehead atoms. The van der Waals surface area contributed by atoms with Crippen molar-refractivity contribution in [3.05, 3.63) is 83.9 Å². The number of hydrogen-bond acceptors (Lipinski definition) is 8. The summed E-state index contributed by atoms with van der Waals surface area (Å²) in [4.78, 5) is 79.9. The number of carboxylic acid groups (broad SMARTS) is 1. The molecule has 4 rings (SSSR count). The van der Waals surface area contributed by atoms with Crippen LogP contribution in [0.1, 0.15) is 108 Å². The van der Waals surface area contributed by atoms with Crippen molar-refractivity contribution >= 4 is 35.5 Å². The largest absolute Gasteiger partial charge is 0.479 e. The number of aliphatic carboxylic acids is 1. The van der Waals surface area contributed by atoms with E-state index in [1.54, 1.807) is 35.2 Å². The zero-order valence-corrected chi connectivity index (χ0v) is 32.5. The number of carbonyl (C=O) groups excluding carboxylic acids is 5. The molecule has 1 saturated carbocycles. The van der Waals surface area contributed by atoms with E-state index in [-0.39, 0.29) is 41.7 Å². The molecule has 0 spiro atoms. The van der Waals surface area contributed by atoms with E-state index in [1.807, 2.05) is 25.1 Å². The topological polar surface area (TPSA) is 220 Å². The highest BCUT2D eigenvalue weighted by Crippen LogP contribution is 2.30. The number of amides is 5. The molecule has 2 aliphatic rings. The summed E-state index contributed by atoms with van der Waals surface area (Å²) in [6.07, 6.45) is 10.3. The van der Waals surface area contributed by atoms with Crippen molar-refractivity contribution in [2.24, 2.45) is 11.8 Å². The molecule has 306 valence electrons. The third-order valence-electron chi connectivity index (χ3n) is 10.5. The summed E-state index contributed by atoms with van der Waals surface area (Å²) in [6.45, 7) is 5.84. The second-order valence-corrected chi connectivity index (χ2v) is 14.5. The Morgan fingerprint density at radius 3 is 2.12 bits per heavy atom. The molecule has 2 fully saturated rings. The van der Waals surface area contributed by atoms with Crippen molar-refractivity contribution in [1.29, 1.82) is 0 Å². The summed E-state index contributed by atoms with van der Waals surface area (Å²) in [6, 6.07) is 15.5. The molecule has 0 aromatic heterocycles. The number of hydrogen-bond donors (Lipinski definition) is 7. The lowest BCUT2D eigenvalue weighted by Crippen LogP contribution is -2.54. The summed E-state index contributed by atoms with van der Waals surface area (Å²) in [7, 11) is 0. The first-order valence-electron chi connectivity index (χ1n) is 19.8. The van der Waals surface area contributed by atoms with Gasteiger partial charge in [-0.05, 0) is 68.4 Å². The standard InChI is InChI=1S/C42H57N5O7.H3NO/c1-3-16-34(29(2)40(51)43-28-37(50)46-39(42(53)54)32-22-11-6-12-23-32)44-36(49)27-33-24-15-26-47(33)41(52)38(31-20-9-5-10-21-31)45-35(48)25-14-13-19-30-17-7-4-8-18-30;1-2/h4,6-8,11-12,17-18,22-23,31,33-34,38-39H,2-3,5,9-10,13-16,19-21,24-28H2,1H3,(H,43,51)(H,44,49)(H,45,48)(H,46,50)(H,53,54);2H,1H2. The van der Waals surface area contributed by atoms with Crippen LogP contribution >= 0.6 is 0 Å². The van der Waals surface area contributed by atoms with Crippen LogP contribution in [0.25, 0.3) is 0 Å². The van der Waals surface area contributed by atoms with Crippen LogP contribution in [-0.4, -0.2) is 81.9 Å². The van der Waals surface area contributed by atoms with Gasteiger partial charge in [-0.15, -0.1) is 0 Å². The lowest BCUT2D eigenvalue weighted by Gasteiger charge is -2.35. The van der Waals surface area contributed by atoms with Gasteiger partial charge in [-0.1, -0.05) is 99.8 Å². The zero-order chi connectivity index (χ0) is 40.9. The molecule has 1 heterocycles. The average Bonchev–Trinajstić information content (AvgIpc) is 3.68. The fourth-order valence-corrected chi connectivity index (χ4v) is 7.54. The lowest BCUT2D eigenvalue weighted by molar-refractivity contribution is -0.142. The van der Waals surface area contributed by atoms with Gasteiger partial charge in [-0.25, -0.2) is 10.7 Å². The predicted molar refractivity (Wildman–Crippen MR) is 212 cm³/mol. The van der Waals surface area contributed by atoms with Crippen molar-refractivity contribution in [3.63, 3.8) is 0 Å². The van der Waals surface area contributed by atoms with Crippen LogP contribution in [0.4, 0.5) is 0 Å². The van der Waals surface area contributed by atoms with Crippen LogP contribution in [0.15, 0.2) is 72.8 Å². The van der Waals surface area contributed by atoms with Crippen molar-refractivity contribution in [2.45, 2.75) is 121 Å². The Hall–Kier alpha value is -5.08. The molecule has 1 aliphatic heterocycles. The third-order valence-corrected chi connectivity index (χ3v) is 10.5. The average molecular weight is 777 g/mol. The number of benzene rings is 2. The molecule has 14 heteroatoms. The van der Waals surface area contributed by atoms with Crippen LogP contribution in [0.3, 0.4) is 0 Å². The van der Waals surface area contributed by atoms with Gasteiger partial charge in [0.05, 0.1) is 12.6 Å². The van der Waals surface area contributed by atoms with Gasteiger partial charge in [0, 0.05) is 31.0 Å². The third kappa shape index (κ3) is 14.5. The Morgan fingerprint density at radius 1 is 0.821 bits per heavy atom. The minimum atomic E-state index is -1.28. The van der Waals surface area contributed by atoms with E-state index in [4.69, 9.17) is 5.21 Å². The summed E-state index contributed by atoms with van der Waals surface area (Å²) in [5.74, 6) is 0.418. The Kier molecular flexibility index (Phi) is 19.8. The lowest BCUT2D eigenvalue weighted by atomic mass is 9.83. The molecule has 8 N–H and O–H groups in total. The minimum absolute atomic E-state index is 0.0458. The van der Waals surface area contributed by atoms with E-state index in [0.717, 1.165) is 57.8 Å². The number of carbonyl (C=O) groups is 6. The molecule has 2 aromatic carbocycles. The number of unbranched alkanes of at least 4 members (excludes halogenated alkanes) is 1. The first-order valence-corrected chi connectivity index (χ1v) is 19.8. The zero-order valence-electron chi connectivity index (χ0n) is 32.5. The fraction of sp³-hybridized carbons (Fsp3) is 0.524. The summed E-state index contributed by atoms with van der Waals surface area (Å²) in [5, 5.41) is 27.0.